The Labute approximate surface area is 197 Å². The monoisotopic (exact) mass is 487 g/mol. The Balaban J connectivity index is 1.77. The maximum Gasteiger partial charge on any atom is 0.312 e. The van der Waals surface area contributed by atoms with Crippen molar-refractivity contribution >= 4 is 27.4 Å². The molecule has 0 saturated carbocycles. The number of amides is 1. The third-order valence-electron chi connectivity index (χ3n) is 4.93. The summed E-state index contributed by atoms with van der Waals surface area (Å²) in [5.74, 6) is -0.370. The van der Waals surface area contributed by atoms with E-state index in [1.165, 1.54) is 16.4 Å². The van der Waals surface area contributed by atoms with Crippen molar-refractivity contribution in [3.05, 3.63) is 70.4 Å². The first kappa shape index (κ1) is 24.9. The second kappa shape index (κ2) is 10.4. The van der Waals surface area contributed by atoms with Crippen molar-refractivity contribution < 1.29 is 22.9 Å². The smallest absolute Gasteiger partial charge is 0.312 e. The first-order valence-electron chi connectivity index (χ1n) is 10.5. The summed E-state index contributed by atoms with van der Waals surface area (Å²) in [6.45, 7) is 5.06. The fourth-order valence-corrected chi connectivity index (χ4v) is 4.79. The average molecular weight is 488 g/mol. The van der Waals surface area contributed by atoms with Crippen LogP contribution in [0.1, 0.15) is 19.5 Å². The molecule has 1 aromatic heterocycles. The van der Waals surface area contributed by atoms with Crippen LogP contribution in [0.25, 0.3) is 5.69 Å². The maximum atomic E-state index is 12.7. The van der Waals surface area contributed by atoms with Gasteiger partial charge in [-0.05, 0) is 31.2 Å². The fraction of sp³-hybridized carbons (Fsp3) is 0.273. The molecule has 0 unspecified atom stereocenters. The molecular weight excluding hydrogens is 462 g/mol. The number of nitro groups is 1. The molecule has 0 aliphatic rings. The number of aromatic nitrogens is 2. The molecule has 1 heterocycles. The number of hydrogen-bond acceptors (Lipinski definition) is 7. The molecule has 0 atom stereocenters. The minimum atomic E-state index is -3.89. The van der Waals surface area contributed by atoms with Crippen LogP contribution in [0.15, 0.2) is 59.5 Å². The van der Waals surface area contributed by atoms with Gasteiger partial charge in [-0.1, -0.05) is 32.0 Å². The largest absolute Gasteiger partial charge is 0.477 e. The lowest BCUT2D eigenvalue weighted by Gasteiger charge is -2.18. The van der Waals surface area contributed by atoms with Gasteiger partial charge in [-0.25, -0.2) is 13.1 Å². The van der Waals surface area contributed by atoms with Crippen molar-refractivity contribution in [2.45, 2.75) is 25.7 Å². The molecular formula is C22H25N5O6S. The van der Waals surface area contributed by atoms with Crippen LogP contribution in [0.5, 0.6) is 5.75 Å². The van der Waals surface area contributed by atoms with Gasteiger partial charge < -0.3 is 10.1 Å². The normalized spacial score (nSPS) is 11.4. The van der Waals surface area contributed by atoms with E-state index in [1.807, 2.05) is 30.3 Å². The standard InChI is InChI=1S/C22H25N5O6S/c1-4-25(5-2)34(31,32)18-11-12-20(19(14-18)27(29)30)33-15-22(28)23-21-13-16(3)24-26(21)17-9-7-6-8-10-17/h6-14H,4-5,15H2,1-3H3,(H,23,28). The summed E-state index contributed by atoms with van der Waals surface area (Å²) in [6.07, 6.45) is 0. The van der Waals surface area contributed by atoms with Gasteiger partial charge in [0.05, 0.1) is 21.2 Å². The van der Waals surface area contributed by atoms with Crippen LogP contribution in [0, 0.1) is 17.0 Å². The molecule has 0 bridgehead atoms. The molecule has 1 N–H and O–H groups in total. The molecule has 0 saturated heterocycles. The lowest BCUT2D eigenvalue weighted by Crippen LogP contribution is -2.30. The second-order valence-corrected chi connectivity index (χ2v) is 9.17. The molecule has 11 nitrogen and oxygen atoms in total. The molecule has 0 radical (unpaired) electrons. The second-order valence-electron chi connectivity index (χ2n) is 7.23. The SMILES string of the molecule is CCN(CC)S(=O)(=O)c1ccc(OCC(=O)Nc2cc(C)nn2-c2ccccc2)c([N+](=O)[O-])c1. The van der Waals surface area contributed by atoms with Gasteiger partial charge in [0, 0.05) is 25.2 Å². The quantitative estimate of drug-likeness (QED) is 0.343. The lowest BCUT2D eigenvalue weighted by molar-refractivity contribution is -0.386. The van der Waals surface area contributed by atoms with Gasteiger partial charge in [-0.2, -0.15) is 9.40 Å². The molecule has 34 heavy (non-hydrogen) atoms. The molecule has 2 aromatic carbocycles. The van der Waals surface area contributed by atoms with Crippen molar-refractivity contribution in [3.8, 4) is 11.4 Å². The van der Waals surface area contributed by atoms with Gasteiger partial charge in [0.1, 0.15) is 5.82 Å². The number of anilines is 1. The third-order valence-corrected chi connectivity index (χ3v) is 6.97. The number of ether oxygens (including phenoxy) is 1. The molecule has 0 spiro atoms. The first-order chi connectivity index (χ1) is 16.2. The summed E-state index contributed by atoms with van der Waals surface area (Å²) < 4.78 is 33.5. The van der Waals surface area contributed by atoms with Crippen molar-refractivity contribution in [1.29, 1.82) is 0 Å². The fourth-order valence-electron chi connectivity index (χ4n) is 3.31. The van der Waals surface area contributed by atoms with E-state index in [-0.39, 0.29) is 23.7 Å². The van der Waals surface area contributed by atoms with Crippen LogP contribution in [0.3, 0.4) is 0 Å². The summed E-state index contributed by atoms with van der Waals surface area (Å²) in [4.78, 5) is 23.1. The highest BCUT2D eigenvalue weighted by Crippen LogP contribution is 2.31. The van der Waals surface area contributed by atoms with Crippen LogP contribution in [0.4, 0.5) is 11.5 Å². The number of nitrogens with zero attached hydrogens (tertiary/aromatic N) is 4. The summed E-state index contributed by atoms with van der Waals surface area (Å²) in [7, 11) is -3.89. The van der Waals surface area contributed by atoms with Crippen LogP contribution >= 0.6 is 0 Å². The average Bonchev–Trinajstić information content (AvgIpc) is 3.18. The van der Waals surface area contributed by atoms with Gasteiger partial charge in [0.15, 0.2) is 12.4 Å². The zero-order chi connectivity index (χ0) is 24.9. The van der Waals surface area contributed by atoms with Gasteiger partial charge in [-0.15, -0.1) is 0 Å². The summed E-state index contributed by atoms with van der Waals surface area (Å²) >= 11 is 0. The number of carbonyl (C=O) groups is 1. The highest BCUT2D eigenvalue weighted by molar-refractivity contribution is 7.89. The summed E-state index contributed by atoms with van der Waals surface area (Å²) in [6, 6.07) is 14.2. The minimum Gasteiger partial charge on any atom is -0.477 e. The number of nitrogens with one attached hydrogen (secondary N) is 1. The first-order valence-corrected chi connectivity index (χ1v) is 11.9. The number of sulfonamides is 1. The van der Waals surface area contributed by atoms with E-state index < -0.39 is 33.1 Å². The molecule has 0 aliphatic heterocycles. The van der Waals surface area contributed by atoms with E-state index in [2.05, 4.69) is 10.4 Å². The molecule has 0 aliphatic carbocycles. The summed E-state index contributed by atoms with van der Waals surface area (Å²) in [5, 5.41) is 18.6. The summed E-state index contributed by atoms with van der Waals surface area (Å²) in [5.41, 5.74) is 0.874. The van der Waals surface area contributed by atoms with E-state index in [9.17, 15) is 23.3 Å². The van der Waals surface area contributed by atoms with Crippen molar-refractivity contribution in [2.24, 2.45) is 0 Å². The number of aryl methyl sites for hydroxylation is 1. The van der Waals surface area contributed by atoms with Crippen molar-refractivity contribution in [2.75, 3.05) is 25.0 Å². The Hall–Kier alpha value is -3.77. The zero-order valence-electron chi connectivity index (χ0n) is 19.0. The van der Waals surface area contributed by atoms with Gasteiger partial charge in [-0.3, -0.25) is 14.9 Å². The van der Waals surface area contributed by atoms with Crippen LogP contribution in [-0.4, -0.2) is 53.0 Å². The Morgan fingerprint density at radius 2 is 1.82 bits per heavy atom. The molecule has 1 amide bonds. The van der Waals surface area contributed by atoms with E-state index >= 15 is 0 Å². The number of benzene rings is 2. The molecule has 3 aromatic rings. The Morgan fingerprint density at radius 1 is 1.15 bits per heavy atom. The predicted octanol–water partition coefficient (Wildman–Crippen LogP) is 3.14. The van der Waals surface area contributed by atoms with Crippen molar-refractivity contribution in [1.82, 2.24) is 14.1 Å². The molecule has 0 fully saturated rings. The highest BCUT2D eigenvalue weighted by Gasteiger charge is 2.26. The topological polar surface area (TPSA) is 137 Å². The van der Waals surface area contributed by atoms with Crippen LogP contribution in [0.2, 0.25) is 0 Å². The van der Waals surface area contributed by atoms with Crippen LogP contribution in [-0.2, 0) is 14.8 Å². The predicted molar refractivity (Wildman–Crippen MR) is 126 cm³/mol. The Bertz CT molecular complexity index is 1290. The molecule has 3 rings (SSSR count). The van der Waals surface area contributed by atoms with E-state index in [1.54, 1.807) is 31.5 Å². The van der Waals surface area contributed by atoms with E-state index in [0.717, 1.165) is 11.8 Å². The number of para-hydroxylation sites is 1. The minimum absolute atomic E-state index is 0.216. The molecule has 180 valence electrons. The number of nitro benzene ring substituents is 1. The Kier molecular flexibility index (Phi) is 7.64. The third kappa shape index (κ3) is 5.41. The van der Waals surface area contributed by atoms with Gasteiger partial charge >= 0.3 is 5.69 Å². The number of carbonyl (C=O) groups excluding carboxylic acids is 1. The van der Waals surface area contributed by atoms with Crippen LogP contribution < -0.4 is 10.1 Å². The number of rotatable bonds is 10. The number of hydrogen-bond donors (Lipinski definition) is 1. The zero-order valence-corrected chi connectivity index (χ0v) is 19.8. The lowest BCUT2D eigenvalue weighted by atomic mass is 10.3. The van der Waals surface area contributed by atoms with Gasteiger partial charge in [0.25, 0.3) is 5.91 Å². The van der Waals surface area contributed by atoms with E-state index in [4.69, 9.17) is 4.74 Å². The highest BCUT2D eigenvalue weighted by atomic mass is 32.2. The van der Waals surface area contributed by atoms with E-state index in [0.29, 0.717) is 11.5 Å². The molecule has 12 heteroatoms. The van der Waals surface area contributed by atoms with Gasteiger partial charge in [0.2, 0.25) is 10.0 Å². The Morgan fingerprint density at radius 3 is 2.44 bits per heavy atom. The van der Waals surface area contributed by atoms with Crippen molar-refractivity contribution in [3.63, 3.8) is 0 Å². The maximum absolute atomic E-state index is 12.7.